The van der Waals surface area contributed by atoms with Crippen LogP contribution in [0.1, 0.15) is 31.4 Å². The molecule has 0 radical (unpaired) electrons. The van der Waals surface area contributed by atoms with Crippen molar-refractivity contribution in [2.24, 2.45) is 5.92 Å². The van der Waals surface area contributed by atoms with Gasteiger partial charge in [0.15, 0.2) is 0 Å². The molecule has 3 rings (SSSR count). The number of terminal acetylenes is 1. The molecule has 4 nitrogen and oxygen atoms in total. The molecule has 1 N–H and O–H groups in total. The zero-order valence-corrected chi connectivity index (χ0v) is 12.0. The van der Waals surface area contributed by atoms with E-state index < -0.39 is 18.1 Å². The predicted octanol–water partition coefficient (Wildman–Crippen LogP) is 1.49. The first-order valence-electron chi connectivity index (χ1n) is 7.27. The Kier molecular flexibility index (Phi) is 3.42. The summed E-state index contributed by atoms with van der Waals surface area (Å²) in [4.78, 5) is 26.9. The number of nitrogens with zero attached hydrogens (tertiary/aromatic N) is 1. The van der Waals surface area contributed by atoms with Crippen molar-refractivity contribution >= 4 is 11.8 Å². The van der Waals surface area contributed by atoms with Gasteiger partial charge in [-0.15, -0.1) is 6.42 Å². The van der Waals surface area contributed by atoms with Crippen LogP contribution in [0.25, 0.3) is 0 Å². The second-order valence-electron chi connectivity index (χ2n) is 5.73. The van der Waals surface area contributed by atoms with E-state index in [9.17, 15) is 9.59 Å². The first-order chi connectivity index (χ1) is 10.1. The van der Waals surface area contributed by atoms with Crippen LogP contribution < -0.4 is 5.32 Å². The topological polar surface area (TPSA) is 49.4 Å². The lowest BCUT2D eigenvalue weighted by atomic mass is 9.96. The standard InChI is InChI=1S/C17H18N2O2/c1-3-11(2)19-15(13-7-5-4-6-8-13)16(20)18-14(17(19)21)12-9-10-12/h1,4-8,11-12,14-15H,9-10H2,2H3,(H,18,20). The third-order valence-corrected chi connectivity index (χ3v) is 4.21. The first kappa shape index (κ1) is 13.7. The smallest absolute Gasteiger partial charge is 0.248 e. The highest BCUT2D eigenvalue weighted by Gasteiger charge is 2.48. The minimum atomic E-state index is -0.639. The van der Waals surface area contributed by atoms with Gasteiger partial charge in [0.2, 0.25) is 11.8 Å². The van der Waals surface area contributed by atoms with Gasteiger partial charge < -0.3 is 10.2 Å². The van der Waals surface area contributed by atoms with Gasteiger partial charge in [-0.3, -0.25) is 9.59 Å². The molecule has 4 heteroatoms. The second-order valence-corrected chi connectivity index (χ2v) is 5.73. The SMILES string of the molecule is C#CC(C)N1C(=O)C(C2CC2)NC(=O)C1c1ccccc1. The fourth-order valence-corrected chi connectivity index (χ4v) is 2.90. The molecule has 2 fully saturated rings. The van der Waals surface area contributed by atoms with Gasteiger partial charge in [0.25, 0.3) is 0 Å². The highest BCUT2D eigenvalue weighted by molar-refractivity contribution is 5.98. The van der Waals surface area contributed by atoms with Crippen LogP contribution in [0.5, 0.6) is 0 Å². The number of piperazine rings is 1. The van der Waals surface area contributed by atoms with E-state index in [-0.39, 0.29) is 17.7 Å². The lowest BCUT2D eigenvalue weighted by molar-refractivity contribution is -0.151. The van der Waals surface area contributed by atoms with Crippen molar-refractivity contribution in [3.05, 3.63) is 35.9 Å². The van der Waals surface area contributed by atoms with E-state index >= 15 is 0 Å². The Bertz CT molecular complexity index is 601. The monoisotopic (exact) mass is 282 g/mol. The van der Waals surface area contributed by atoms with Crippen LogP contribution in [0.4, 0.5) is 0 Å². The van der Waals surface area contributed by atoms with Gasteiger partial charge in [0.05, 0.1) is 6.04 Å². The molecule has 2 aliphatic rings. The summed E-state index contributed by atoms with van der Waals surface area (Å²) in [6.07, 6.45) is 7.49. The van der Waals surface area contributed by atoms with Crippen LogP contribution >= 0.6 is 0 Å². The number of amides is 2. The summed E-state index contributed by atoms with van der Waals surface area (Å²) >= 11 is 0. The van der Waals surface area contributed by atoms with E-state index in [0.29, 0.717) is 0 Å². The molecule has 0 bridgehead atoms. The number of nitrogens with one attached hydrogen (secondary N) is 1. The van der Waals surface area contributed by atoms with Crippen molar-refractivity contribution in [2.75, 3.05) is 0 Å². The maximum Gasteiger partial charge on any atom is 0.248 e. The van der Waals surface area contributed by atoms with Gasteiger partial charge in [0.1, 0.15) is 12.1 Å². The average molecular weight is 282 g/mol. The van der Waals surface area contributed by atoms with E-state index in [0.717, 1.165) is 18.4 Å². The van der Waals surface area contributed by atoms with Crippen LogP contribution in [0.3, 0.4) is 0 Å². The minimum absolute atomic E-state index is 0.0589. The molecule has 1 saturated heterocycles. The maximum atomic E-state index is 12.8. The molecule has 0 spiro atoms. The molecular weight excluding hydrogens is 264 g/mol. The van der Waals surface area contributed by atoms with Gasteiger partial charge in [-0.1, -0.05) is 36.3 Å². The molecule has 1 heterocycles. The number of rotatable bonds is 3. The fraction of sp³-hybridized carbons (Fsp3) is 0.412. The van der Waals surface area contributed by atoms with Crippen molar-refractivity contribution in [1.29, 1.82) is 0 Å². The van der Waals surface area contributed by atoms with Gasteiger partial charge in [-0.25, -0.2) is 0 Å². The molecule has 3 atom stereocenters. The summed E-state index contributed by atoms with van der Waals surface area (Å²) in [7, 11) is 0. The second kappa shape index (κ2) is 5.25. The van der Waals surface area contributed by atoms with Crippen LogP contribution in [0.2, 0.25) is 0 Å². The average Bonchev–Trinajstić information content (AvgIpc) is 3.33. The zero-order valence-electron chi connectivity index (χ0n) is 12.0. The van der Waals surface area contributed by atoms with Gasteiger partial charge >= 0.3 is 0 Å². The maximum absolute atomic E-state index is 12.8. The molecule has 21 heavy (non-hydrogen) atoms. The normalized spacial score (nSPS) is 27.0. The van der Waals surface area contributed by atoms with Crippen LogP contribution in [0, 0.1) is 18.3 Å². The number of carbonyl (C=O) groups excluding carboxylic acids is 2. The number of hydrogen-bond acceptors (Lipinski definition) is 2. The summed E-state index contributed by atoms with van der Waals surface area (Å²) in [5.74, 6) is 2.66. The summed E-state index contributed by atoms with van der Waals surface area (Å²) in [6, 6.07) is 7.85. The van der Waals surface area contributed by atoms with Crippen molar-refractivity contribution in [2.45, 2.75) is 37.9 Å². The minimum Gasteiger partial charge on any atom is -0.342 e. The highest BCUT2D eigenvalue weighted by Crippen LogP contribution is 2.38. The van der Waals surface area contributed by atoms with Gasteiger partial charge in [0, 0.05) is 0 Å². The Morgan fingerprint density at radius 1 is 1.29 bits per heavy atom. The molecule has 1 aliphatic heterocycles. The third-order valence-electron chi connectivity index (χ3n) is 4.21. The van der Waals surface area contributed by atoms with E-state index in [2.05, 4.69) is 11.2 Å². The molecule has 3 unspecified atom stereocenters. The highest BCUT2D eigenvalue weighted by atomic mass is 16.2. The Morgan fingerprint density at radius 2 is 1.95 bits per heavy atom. The molecule has 2 amide bonds. The Balaban J connectivity index is 1.99. The fourth-order valence-electron chi connectivity index (χ4n) is 2.90. The summed E-state index contributed by atoms with van der Waals surface area (Å²) < 4.78 is 0. The Morgan fingerprint density at radius 3 is 2.52 bits per heavy atom. The van der Waals surface area contributed by atoms with Crippen molar-refractivity contribution in [3.63, 3.8) is 0 Å². The molecule has 1 aromatic carbocycles. The molecule has 1 aromatic rings. The summed E-state index contributed by atoms with van der Waals surface area (Å²) in [5, 5.41) is 2.89. The number of benzene rings is 1. The summed E-state index contributed by atoms with van der Waals surface area (Å²) in [6.45, 7) is 1.79. The summed E-state index contributed by atoms with van der Waals surface area (Å²) in [5.41, 5.74) is 0.791. The lowest BCUT2D eigenvalue weighted by Gasteiger charge is -2.41. The van der Waals surface area contributed by atoms with Crippen molar-refractivity contribution in [1.82, 2.24) is 10.2 Å². The lowest BCUT2D eigenvalue weighted by Crippen LogP contribution is -2.62. The van der Waals surface area contributed by atoms with E-state index in [1.54, 1.807) is 11.8 Å². The van der Waals surface area contributed by atoms with Crippen LogP contribution in [-0.2, 0) is 9.59 Å². The third kappa shape index (κ3) is 2.40. The number of hydrogen-bond donors (Lipinski definition) is 1. The predicted molar refractivity (Wildman–Crippen MR) is 79.0 cm³/mol. The van der Waals surface area contributed by atoms with Crippen molar-refractivity contribution < 1.29 is 9.59 Å². The molecule has 108 valence electrons. The number of carbonyl (C=O) groups is 2. The van der Waals surface area contributed by atoms with Crippen LogP contribution in [0.15, 0.2) is 30.3 Å². The van der Waals surface area contributed by atoms with E-state index in [4.69, 9.17) is 6.42 Å². The molecule has 1 aliphatic carbocycles. The van der Waals surface area contributed by atoms with Crippen LogP contribution in [-0.4, -0.2) is 28.8 Å². The molecular formula is C17H18N2O2. The zero-order chi connectivity index (χ0) is 15.0. The van der Waals surface area contributed by atoms with Gasteiger partial charge in [-0.2, -0.15) is 0 Å². The largest absolute Gasteiger partial charge is 0.342 e. The molecule has 1 saturated carbocycles. The quantitative estimate of drug-likeness (QED) is 0.854. The Labute approximate surface area is 124 Å². The molecule has 0 aromatic heterocycles. The Hall–Kier alpha value is -2.28. The van der Waals surface area contributed by atoms with E-state index in [1.165, 1.54) is 0 Å². The first-order valence-corrected chi connectivity index (χ1v) is 7.27. The van der Waals surface area contributed by atoms with E-state index in [1.807, 2.05) is 30.3 Å². The van der Waals surface area contributed by atoms with Crippen molar-refractivity contribution in [3.8, 4) is 12.3 Å². The van der Waals surface area contributed by atoms with Gasteiger partial charge in [-0.05, 0) is 31.2 Å².